The maximum Gasteiger partial charge on any atom is 0.262 e. The lowest BCUT2D eigenvalue weighted by Gasteiger charge is -2.38. The average molecular weight is 691 g/mol. The Morgan fingerprint density at radius 2 is 1.65 bits per heavy atom. The minimum Gasteiger partial charge on any atom is -0.496 e. The summed E-state index contributed by atoms with van der Waals surface area (Å²) < 4.78 is 29.2. The molecule has 5 rings (SSSR count). The zero-order valence-electron chi connectivity index (χ0n) is 19.5. The van der Waals surface area contributed by atoms with Gasteiger partial charge in [0.15, 0.2) is 0 Å². The Balaban J connectivity index is 1.55. The largest absolute Gasteiger partial charge is 0.496 e. The van der Waals surface area contributed by atoms with Gasteiger partial charge in [0.25, 0.3) is 5.91 Å². The SMILES string of the molecule is COc1ccc([C@@H]2Nc3ccccc3C(=O)N2c2ccccc2F)cc1COc1c(Br)cc(Br)cc1Br. The van der Waals surface area contributed by atoms with Crippen LogP contribution in [0.3, 0.4) is 0 Å². The minimum atomic E-state index is -0.657. The number of anilines is 2. The Hall–Kier alpha value is -2.88. The quantitative estimate of drug-likeness (QED) is 0.221. The average Bonchev–Trinajstić information content (AvgIpc) is 2.88. The number of nitrogens with one attached hydrogen (secondary N) is 1. The maximum atomic E-state index is 14.9. The molecule has 5 nitrogen and oxygen atoms in total. The third-order valence-electron chi connectivity index (χ3n) is 5.99. The third-order valence-corrected chi connectivity index (χ3v) is 7.63. The Labute approximate surface area is 239 Å². The van der Waals surface area contributed by atoms with E-state index >= 15 is 0 Å². The summed E-state index contributed by atoms with van der Waals surface area (Å²) in [5, 5.41) is 3.42. The molecule has 188 valence electrons. The first-order valence-electron chi connectivity index (χ1n) is 11.2. The van der Waals surface area contributed by atoms with Crippen molar-refractivity contribution in [3.05, 3.63) is 115 Å². The van der Waals surface area contributed by atoms with E-state index in [2.05, 4.69) is 53.1 Å². The first-order chi connectivity index (χ1) is 17.9. The predicted octanol–water partition coefficient (Wildman–Crippen LogP) is 8.47. The number of amides is 1. The number of carbonyl (C=O) groups is 1. The highest BCUT2D eigenvalue weighted by Crippen LogP contribution is 2.40. The molecule has 0 aromatic heterocycles. The van der Waals surface area contributed by atoms with Gasteiger partial charge in [0.2, 0.25) is 0 Å². The second-order valence-corrected chi connectivity index (χ2v) is 10.9. The summed E-state index contributed by atoms with van der Waals surface area (Å²) in [6, 6.07) is 22.9. The molecule has 1 amide bonds. The highest BCUT2D eigenvalue weighted by molar-refractivity contribution is 9.11. The summed E-state index contributed by atoms with van der Waals surface area (Å²) in [4.78, 5) is 15.1. The van der Waals surface area contributed by atoms with Gasteiger partial charge in [-0.25, -0.2) is 4.39 Å². The van der Waals surface area contributed by atoms with Crippen LogP contribution in [0.4, 0.5) is 15.8 Å². The first kappa shape index (κ1) is 25.8. The van der Waals surface area contributed by atoms with Crippen molar-refractivity contribution in [3.63, 3.8) is 0 Å². The van der Waals surface area contributed by atoms with Crippen LogP contribution in [-0.4, -0.2) is 13.0 Å². The van der Waals surface area contributed by atoms with Gasteiger partial charge in [-0.2, -0.15) is 0 Å². The maximum absolute atomic E-state index is 14.9. The van der Waals surface area contributed by atoms with Crippen LogP contribution in [0, 0.1) is 5.82 Å². The molecule has 1 atom stereocenters. The normalized spacial score (nSPS) is 14.7. The van der Waals surface area contributed by atoms with Crippen molar-refractivity contribution in [1.82, 2.24) is 0 Å². The van der Waals surface area contributed by atoms with Gasteiger partial charge in [0.1, 0.15) is 30.1 Å². The topological polar surface area (TPSA) is 50.8 Å². The van der Waals surface area contributed by atoms with Crippen LogP contribution < -0.4 is 19.7 Å². The van der Waals surface area contributed by atoms with Crippen molar-refractivity contribution in [2.75, 3.05) is 17.3 Å². The van der Waals surface area contributed by atoms with E-state index in [1.165, 1.54) is 11.0 Å². The van der Waals surface area contributed by atoms with Gasteiger partial charge in [-0.1, -0.05) is 46.3 Å². The Morgan fingerprint density at radius 1 is 0.946 bits per heavy atom. The lowest BCUT2D eigenvalue weighted by atomic mass is 10.0. The van der Waals surface area contributed by atoms with Crippen molar-refractivity contribution in [2.45, 2.75) is 12.8 Å². The van der Waals surface area contributed by atoms with E-state index in [0.29, 0.717) is 22.7 Å². The zero-order valence-corrected chi connectivity index (χ0v) is 24.2. The van der Waals surface area contributed by atoms with E-state index in [-0.39, 0.29) is 18.2 Å². The summed E-state index contributed by atoms with van der Waals surface area (Å²) in [6.07, 6.45) is -0.657. The summed E-state index contributed by atoms with van der Waals surface area (Å²) in [7, 11) is 1.59. The van der Waals surface area contributed by atoms with Crippen LogP contribution in [0.15, 0.2) is 92.3 Å². The van der Waals surface area contributed by atoms with Crippen molar-refractivity contribution in [3.8, 4) is 11.5 Å². The highest BCUT2D eigenvalue weighted by atomic mass is 79.9. The smallest absolute Gasteiger partial charge is 0.262 e. The fourth-order valence-corrected chi connectivity index (χ4v) is 6.77. The summed E-state index contributed by atoms with van der Waals surface area (Å²) >= 11 is 10.5. The van der Waals surface area contributed by atoms with Crippen LogP contribution in [0.2, 0.25) is 0 Å². The molecule has 0 bridgehead atoms. The number of para-hydroxylation sites is 2. The van der Waals surface area contributed by atoms with Gasteiger partial charge in [0.05, 0.1) is 27.3 Å². The lowest BCUT2D eigenvalue weighted by Crippen LogP contribution is -2.43. The van der Waals surface area contributed by atoms with Gasteiger partial charge >= 0.3 is 0 Å². The van der Waals surface area contributed by atoms with E-state index < -0.39 is 12.0 Å². The van der Waals surface area contributed by atoms with Gasteiger partial charge in [-0.3, -0.25) is 9.69 Å². The fraction of sp³-hybridized carbons (Fsp3) is 0.107. The van der Waals surface area contributed by atoms with E-state index in [1.807, 2.05) is 42.5 Å². The number of hydrogen-bond donors (Lipinski definition) is 1. The molecule has 9 heteroatoms. The Kier molecular flexibility index (Phi) is 7.55. The van der Waals surface area contributed by atoms with Crippen LogP contribution >= 0.6 is 47.8 Å². The molecule has 1 heterocycles. The minimum absolute atomic E-state index is 0.191. The molecule has 0 saturated carbocycles. The molecule has 0 fully saturated rings. The number of ether oxygens (including phenoxy) is 2. The Bertz CT molecular complexity index is 1470. The van der Waals surface area contributed by atoms with Crippen LogP contribution in [-0.2, 0) is 6.61 Å². The van der Waals surface area contributed by atoms with Crippen molar-refractivity contribution in [2.24, 2.45) is 0 Å². The van der Waals surface area contributed by atoms with Gasteiger partial charge in [-0.15, -0.1) is 0 Å². The van der Waals surface area contributed by atoms with Crippen LogP contribution in [0.1, 0.15) is 27.7 Å². The number of rotatable bonds is 6. The molecule has 0 saturated heterocycles. The number of fused-ring (bicyclic) bond motifs is 1. The highest BCUT2D eigenvalue weighted by Gasteiger charge is 2.35. The van der Waals surface area contributed by atoms with E-state index in [9.17, 15) is 9.18 Å². The molecule has 4 aromatic rings. The van der Waals surface area contributed by atoms with E-state index in [0.717, 1.165) is 24.5 Å². The Morgan fingerprint density at radius 3 is 2.38 bits per heavy atom. The number of halogens is 4. The van der Waals surface area contributed by atoms with Gasteiger partial charge < -0.3 is 14.8 Å². The second-order valence-electron chi connectivity index (χ2n) is 8.28. The molecule has 0 unspecified atom stereocenters. The number of carbonyl (C=O) groups excluding carboxylic acids is 1. The van der Waals surface area contributed by atoms with E-state index in [1.54, 1.807) is 37.4 Å². The first-order valence-corrected chi connectivity index (χ1v) is 13.6. The van der Waals surface area contributed by atoms with E-state index in [4.69, 9.17) is 9.47 Å². The fourth-order valence-electron chi connectivity index (χ4n) is 4.28. The summed E-state index contributed by atoms with van der Waals surface area (Å²) in [6.45, 7) is 0.201. The molecule has 1 N–H and O–H groups in total. The molecular weight excluding hydrogens is 671 g/mol. The van der Waals surface area contributed by atoms with Gasteiger partial charge in [0, 0.05) is 15.7 Å². The standard InChI is InChI=1S/C28H20Br3FN2O3/c1-36-25-11-10-16(12-17(25)15-37-26-20(30)13-18(29)14-21(26)31)27-33-23-8-4-2-6-19(23)28(35)34(27)24-9-5-3-7-22(24)32/h2-14,27,33H,15H2,1H3/t27-/m1/s1. The number of methoxy groups -OCH3 is 1. The molecule has 0 aliphatic carbocycles. The predicted molar refractivity (Wildman–Crippen MR) is 153 cm³/mol. The molecule has 0 spiro atoms. The monoisotopic (exact) mass is 688 g/mol. The van der Waals surface area contributed by atoms with Crippen molar-refractivity contribution in [1.29, 1.82) is 0 Å². The summed E-state index contributed by atoms with van der Waals surface area (Å²) in [5.41, 5.74) is 2.86. The third kappa shape index (κ3) is 5.12. The molecule has 0 radical (unpaired) electrons. The van der Waals surface area contributed by atoms with Crippen molar-refractivity contribution < 1.29 is 18.7 Å². The van der Waals surface area contributed by atoms with Gasteiger partial charge in [-0.05, 0) is 86.0 Å². The zero-order chi connectivity index (χ0) is 26.1. The lowest BCUT2D eigenvalue weighted by molar-refractivity contribution is 0.0974. The summed E-state index contributed by atoms with van der Waals surface area (Å²) in [5.74, 6) is 0.501. The molecule has 37 heavy (non-hydrogen) atoms. The molecule has 1 aliphatic heterocycles. The second kappa shape index (κ2) is 10.8. The number of nitrogens with zero attached hydrogens (tertiary/aromatic N) is 1. The molecular formula is C28H20Br3FN2O3. The molecule has 1 aliphatic rings. The van der Waals surface area contributed by atoms with Crippen LogP contribution in [0.25, 0.3) is 0 Å². The van der Waals surface area contributed by atoms with Crippen LogP contribution in [0.5, 0.6) is 11.5 Å². The molecule has 4 aromatic carbocycles. The number of hydrogen-bond acceptors (Lipinski definition) is 4. The van der Waals surface area contributed by atoms with Crippen molar-refractivity contribution >= 4 is 65.1 Å². The number of benzene rings is 4.